The van der Waals surface area contributed by atoms with Crippen LogP contribution in [0.25, 0.3) is 0 Å². The molecule has 0 saturated carbocycles. The molecule has 0 atom stereocenters. The van der Waals surface area contributed by atoms with Gasteiger partial charge in [-0.2, -0.15) is 0 Å². The van der Waals surface area contributed by atoms with E-state index in [1.54, 1.807) is 24.3 Å². The number of nitrogens with one attached hydrogen (secondary N) is 2. The number of para-hydroxylation sites is 1. The maximum absolute atomic E-state index is 12.1. The van der Waals surface area contributed by atoms with Crippen LogP contribution in [-0.4, -0.2) is 30.2 Å². The number of Topliss-reactive ketones (excluding diaryl/α,β-unsaturated/α-hetero) is 1. The van der Waals surface area contributed by atoms with E-state index in [-0.39, 0.29) is 24.5 Å². The molecule has 0 fully saturated rings. The minimum absolute atomic E-state index is 0.0467. The van der Waals surface area contributed by atoms with Crippen molar-refractivity contribution in [1.82, 2.24) is 0 Å². The van der Waals surface area contributed by atoms with Crippen LogP contribution in [0.1, 0.15) is 41.3 Å². The van der Waals surface area contributed by atoms with Gasteiger partial charge in [-0.3, -0.25) is 19.2 Å². The Balaban J connectivity index is 1.75. The fraction of sp³-hybridized carbons (Fsp3) is 0.273. The third-order valence-electron chi connectivity index (χ3n) is 4.22. The van der Waals surface area contributed by atoms with Crippen molar-refractivity contribution in [3.05, 3.63) is 59.2 Å². The minimum atomic E-state index is -0.644. The molecule has 2 aromatic rings. The average molecular weight is 396 g/mol. The van der Waals surface area contributed by atoms with Crippen molar-refractivity contribution < 1.29 is 23.9 Å². The number of ether oxygens (including phenoxy) is 1. The maximum atomic E-state index is 12.1. The first kappa shape index (κ1) is 21.8. The van der Waals surface area contributed by atoms with E-state index in [0.717, 1.165) is 16.8 Å². The molecule has 2 amide bonds. The smallest absolute Gasteiger partial charge is 0.306 e. The quantitative estimate of drug-likeness (QED) is 0.526. The first-order valence-corrected chi connectivity index (χ1v) is 9.19. The highest BCUT2D eigenvalue weighted by Gasteiger charge is 2.12. The summed E-state index contributed by atoms with van der Waals surface area (Å²) >= 11 is 0. The third-order valence-corrected chi connectivity index (χ3v) is 4.22. The lowest BCUT2D eigenvalue weighted by Gasteiger charge is -2.11. The van der Waals surface area contributed by atoms with Crippen molar-refractivity contribution in [3.8, 4) is 0 Å². The van der Waals surface area contributed by atoms with Crippen molar-refractivity contribution in [1.29, 1.82) is 0 Å². The van der Waals surface area contributed by atoms with Crippen LogP contribution in [0.15, 0.2) is 42.5 Å². The number of amides is 2. The van der Waals surface area contributed by atoms with E-state index < -0.39 is 18.5 Å². The highest BCUT2D eigenvalue weighted by atomic mass is 16.5. The monoisotopic (exact) mass is 396 g/mol. The van der Waals surface area contributed by atoms with E-state index in [4.69, 9.17) is 4.74 Å². The predicted molar refractivity (Wildman–Crippen MR) is 110 cm³/mol. The number of esters is 1. The molecule has 152 valence electrons. The summed E-state index contributed by atoms with van der Waals surface area (Å²) in [5.41, 5.74) is 3.51. The van der Waals surface area contributed by atoms with Crippen molar-refractivity contribution >= 4 is 34.9 Å². The summed E-state index contributed by atoms with van der Waals surface area (Å²) < 4.78 is 4.90. The van der Waals surface area contributed by atoms with Gasteiger partial charge >= 0.3 is 5.97 Å². The first-order chi connectivity index (χ1) is 13.8. The molecule has 0 aliphatic heterocycles. The molecule has 29 heavy (non-hydrogen) atoms. The molecule has 0 spiro atoms. The second-order valence-electron chi connectivity index (χ2n) is 6.66. The van der Waals surface area contributed by atoms with Crippen LogP contribution in [-0.2, 0) is 19.1 Å². The summed E-state index contributed by atoms with van der Waals surface area (Å²) in [5, 5.41) is 5.35. The molecule has 2 aromatic carbocycles. The Labute approximate surface area is 169 Å². The van der Waals surface area contributed by atoms with E-state index in [9.17, 15) is 19.2 Å². The number of rotatable bonds is 8. The number of hydrogen-bond acceptors (Lipinski definition) is 5. The van der Waals surface area contributed by atoms with Gasteiger partial charge in [0.1, 0.15) is 0 Å². The summed E-state index contributed by atoms with van der Waals surface area (Å²) in [7, 11) is 0. The Morgan fingerprint density at radius 1 is 0.862 bits per heavy atom. The fourth-order valence-corrected chi connectivity index (χ4v) is 2.66. The van der Waals surface area contributed by atoms with Gasteiger partial charge in [0.2, 0.25) is 5.91 Å². The molecular formula is C22H24N2O5. The molecule has 0 unspecified atom stereocenters. The largest absolute Gasteiger partial charge is 0.456 e. The molecule has 0 aromatic heterocycles. The topological polar surface area (TPSA) is 102 Å². The molecule has 2 N–H and O–H groups in total. The first-order valence-electron chi connectivity index (χ1n) is 9.19. The zero-order valence-corrected chi connectivity index (χ0v) is 16.7. The molecule has 0 saturated heterocycles. The average Bonchev–Trinajstić information content (AvgIpc) is 2.68. The molecule has 7 heteroatoms. The highest BCUT2D eigenvalue weighted by molar-refractivity contribution is 5.98. The Morgan fingerprint density at radius 2 is 1.52 bits per heavy atom. The zero-order chi connectivity index (χ0) is 21.4. The SMILES string of the molecule is CC(=O)c1cccc(NC(=O)COC(=O)CCC(=O)Nc2c(C)cccc2C)c1. The third kappa shape index (κ3) is 6.88. The van der Waals surface area contributed by atoms with E-state index in [2.05, 4.69) is 10.6 Å². The summed E-state index contributed by atoms with van der Waals surface area (Å²) in [5.74, 6) is -1.59. The number of carbonyl (C=O) groups is 4. The van der Waals surface area contributed by atoms with Crippen molar-refractivity contribution in [2.75, 3.05) is 17.2 Å². The van der Waals surface area contributed by atoms with Crippen LogP contribution < -0.4 is 10.6 Å². The number of carbonyl (C=O) groups excluding carboxylic acids is 4. The van der Waals surface area contributed by atoms with Crippen molar-refractivity contribution in [3.63, 3.8) is 0 Å². The Bertz CT molecular complexity index is 916. The minimum Gasteiger partial charge on any atom is -0.456 e. The fourth-order valence-electron chi connectivity index (χ4n) is 2.66. The lowest BCUT2D eigenvalue weighted by atomic mass is 10.1. The van der Waals surface area contributed by atoms with Gasteiger partial charge in [0.05, 0.1) is 6.42 Å². The molecule has 7 nitrogen and oxygen atoms in total. The molecule has 2 rings (SSSR count). The Morgan fingerprint density at radius 3 is 2.17 bits per heavy atom. The number of benzene rings is 2. The van der Waals surface area contributed by atoms with Gasteiger partial charge in [-0.15, -0.1) is 0 Å². The van der Waals surface area contributed by atoms with E-state index in [0.29, 0.717) is 11.3 Å². The second-order valence-corrected chi connectivity index (χ2v) is 6.66. The molecule has 0 radical (unpaired) electrons. The molecule has 0 aliphatic carbocycles. The van der Waals surface area contributed by atoms with Crippen LogP contribution >= 0.6 is 0 Å². The maximum Gasteiger partial charge on any atom is 0.306 e. The van der Waals surface area contributed by atoms with Gasteiger partial charge in [-0.05, 0) is 44.0 Å². The van der Waals surface area contributed by atoms with Crippen molar-refractivity contribution in [2.24, 2.45) is 0 Å². The molecular weight excluding hydrogens is 372 g/mol. The van der Waals surface area contributed by atoms with Gasteiger partial charge in [0, 0.05) is 23.4 Å². The second kappa shape index (κ2) is 10.2. The lowest BCUT2D eigenvalue weighted by Crippen LogP contribution is -2.22. The molecule has 0 heterocycles. The van der Waals surface area contributed by atoms with E-state index in [1.165, 1.54) is 6.92 Å². The number of ketones is 1. The molecule has 0 bridgehead atoms. The van der Waals surface area contributed by atoms with Crippen LogP contribution in [0, 0.1) is 13.8 Å². The standard InChI is InChI=1S/C22H24N2O5/c1-14-6-4-7-15(2)22(14)24-19(26)10-11-21(28)29-13-20(27)23-18-9-5-8-17(12-18)16(3)25/h4-9,12H,10-11,13H2,1-3H3,(H,23,27)(H,24,26). The van der Waals surface area contributed by atoms with Gasteiger partial charge in [-0.25, -0.2) is 0 Å². The summed E-state index contributed by atoms with van der Waals surface area (Å²) in [4.78, 5) is 47.1. The van der Waals surface area contributed by atoms with Gasteiger partial charge in [0.15, 0.2) is 12.4 Å². The predicted octanol–water partition coefficient (Wildman–Crippen LogP) is 3.41. The van der Waals surface area contributed by atoms with Crippen molar-refractivity contribution in [2.45, 2.75) is 33.6 Å². The highest BCUT2D eigenvalue weighted by Crippen LogP contribution is 2.19. The van der Waals surface area contributed by atoms with Gasteiger partial charge in [0.25, 0.3) is 5.91 Å². The van der Waals surface area contributed by atoms with Crippen LogP contribution in [0.4, 0.5) is 11.4 Å². The summed E-state index contributed by atoms with van der Waals surface area (Å²) in [6.07, 6.45) is -0.182. The van der Waals surface area contributed by atoms with Crippen LogP contribution in [0.5, 0.6) is 0 Å². The summed E-state index contributed by atoms with van der Waals surface area (Å²) in [6, 6.07) is 12.1. The Kier molecular flexibility index (Phi) is 7.65. The van der Waals surface area contributed by atoms with E-state index >= 15 is 0 Å². The summed E-state index contributed by atoms with van der Waals surface area (Å²) in [6.45, 7) is 4.74. The number of anilines is 2. The van der Waals surface area contributed by atoms with Gasteiger partial charge in [-0.1, -0.05) is 30.3 Å². The van der Waals surface area contributed by atoms with Crippen LogP contribution in [0.3, 0.4) is 0 Å². The number of hydrogen-bond donors (Lipinski definition) is 2. The van der Waals surface area contributed by atoms with Gasteiger partial charge < -0.3 is 15.4 Å². The van der Waals surface area contributed by atoms with E-state index in [1.807, 2.05) is 32.0 Å². The normalized spacial score (nSPS) is 10.2. The van der Waals surface area contributed by atoms with Crippen LogP contribution in [0.2, 0.25) is 0 Å². The lowest BCUT2D eigenvalue weighted by molar-refractivity contribution is -0.147. The Hall–Kier alpha value is -3.48. The number of aryl methyl sites for hydroxylation is 2. The molecule has 0 aliphatic rings. The zero-order valence-electron chi connectivity index (χ0n) is 16.7.